The number of esters is 2. The molecule has 1 aliphatic heterocycles. The maximum atomic E-state index is 14.0. The zero-order chi connectivity index (χ0) is 76.9. The van der Waals surface area contributed by atoms with Gasteiger partial charge in [-0.05, 0) is 156 Å². The topological polar surface area (TPSA) is 291 Å². The smallest absolute Gasteiger partial charge is 0.349 e. The first-order chi connectivity index (χ1) is 49.0. The lowest BCUT2D eigenvalue weighted by Gasteiger charge is -2.29. The van der Waals surface area contributed by atoms with E-state index in [4.69, 9.17) is 140 Å². The van der Waals surface area contributed by atoms with Crippen molar-refractivity contribution < 1.29 is 60.0 Å². The lowest BCUT2D eigenvalue weighted by molar-refractivity contribution is -0.156. The molecule has 4 aromatic heterocycles. The van der Waals surface area contributed by atoms with Gasteiger partial charge in [0.1, 0.15) is 67.8 Å². The molecule has 1 saturated heterocycles. The van der Waals surface area contributed by atoms with Gasteiger partial charge >= 0.3 is 11.9 Å². The summed E-state index contributed by atoms with van der Waals surface area (Å²) in [6.45, 7) is 7.98. The van der Waals surface area contributed by atoms with Crippen LogP contribution in [-0.2, 0) is 19.1 Å². The highest BCUT2D eigenvalue weighted by atomic mass is 35.5. The Bertz CT molecular complexity index is 4850. The molecule has 0 aliphatic carbocycles. The minimum absolute atomic E-state index is 0. The van der Waals surface area contributed by atoms with Gasteiger partial charge in [-0.3, -0.25) is 10.2 Å². The van der Waals surface area contributed by atoms with Crippen molar-refractivity contribution in [2.75, 3.05) is 32.2 Å². The predicted octanol–water partition coefficient (Wildman–Crippen LogP) is 18.9. The second-order valence-corrected chi connectivity index (χ2v) is 25.7. The summed E-state index contributed by atoms with van der Waals surface area (Å²) >= 11 is 50.6. The molecule has 0 spiro atoms. The van der Waals surface area contributed by atoms with Gasteiger partial charge in [-0.1, -0.05) is 104 Å². The number of ether oxygens (including phenoxy) is 4. The van der Waals surface area contributed by atoms with Gasteiger partial charge in [-0.15, -0.1) is 12.4 Å². The Labute approximate surface area is 647 Å². The number of anilines is 1. The monoisotopic (exact) mass is 1640 g/mol. The summed E-state index contributed by atoms with van der Waals surface area (Å²) < 4.78 is 99.8. The van der Waals surface area contributed by atoms with Crippen LogP contribution in [0.2, 0.25) is 45.6 Å². The molecule has 0 radical (unpaired) electrons. The highest BCUT2D eigenvalue weighted by Gasteiger charge is 2.34. The van der Waals surface area contributed by atoms with Gasteiger partial charge in [0.2, 0.25) is 28.8 Å². The molecule has 105 heavy (non-hydrogen) atoms. The van der Waals surface area contributed by atoms with Gasteiger partial charge in [0, 0.05) is 59.1 Å². The second-order valence-electron chi connectivity index (χ2n) is 22.1. The first-order valence-corrected chi connectivity index (χ1v) is 33.1. The third-order valence-electron chi connectivity index (χ3n) is 13.5. The third-order valence-corrected chi connectivity index (χ3v) is 15.9. The Morgan fingerprint density at radius 2 is 0.886 bits per heavy atom. The summed E-state index contributed by atoms with van der Waals surface area (Å²) in [5, 5.41) is 25.0. The van der Waals surface area contributed by atoms with E-state index in [1.54, 1.807) is 44.2 Å². The van der Waals surface area contributed by atoms with Crippen LogP contribution >= 0.6 is 117 Å². The summed E-state index contributed by atoms with van der Waals surface area (Å²) in [5.74, 6) is -3.38. The molecular weight excluding hydrogens is 1590 g/mol. The summed E-state index contributed by atoms with van der Waals surface area (Å²) in [6, 6.07) is 31.8. The number of amidine groups is 1. The van der Waals surface area contributed by atoms with Gasteiger partial charge in [-0.2, -0.15) is 20.2 Å². The zero-order valence-corrected chi connectivity index (χ0v) is 62.8. The van der Waals surface area contributed by atoms with Crippen molar-refractivity contribution >= 4 is 140 Å². The number of piperidine rings is 1. The van der Waals surface area contributed by atoms with Crippen molar-refractivity contribution in [2.45, 2.75) is 58.2 Å². The average Bonchev–Trinajstić information content (AvgIpc) is 0.815. The van der Waals surface area contributed by atoms with Crippen molar-refractivity contribution in [3.8, 4) is 69.3 Å². The van der Waals surface area contributed by atoms with Crippen molar-refractivity contribution in [3.63, 3.8) is 0 Å². The van der Waals surface area contributed by atoms with E-state index in [9.17, 15) is 40.7 Å². The van der Waals surface area contributed by atoms with E-state index in [-0.39, 0.29) is 98.6 Å². The Morgan fingerprint density at radius 3 is 1.29 bits per heavy atom. The first kappa shape index (κ1) is 86.7. The maximum absolute atomic E-state index is 14.0. The van der Waals surface area contributed by atoms with Crippen molar-refractivity contribution in [3.05, 3.63) is 235 Å². The third kappa shape index (κ3) is 26.2. The molecule has 1 fully saturated rings. The van der Waals surface area contributed by atoms with Gasteiger partial charge < -0.3 is 39.7 Å². The number of carbonyl (C=O) groups is 2. The van der Waals surface area contributed by atoms with Crippen LogP contribution in [0.3, 0.4) is 0 Å². The van der Waals surface area contributed by atoms with E-state index in [1.165, 1.54) is 119 Å². The SMILES string of the molecule is COC(=O)C(C)(C)Oc1cc(Cl)nc(-c2ccc(Cl)c(F)c2)n1.COC(=O)C(C)(C)Oc1cc(N2CCCCC2)nc(-c2ccc(Cl)c(F)c2)n1.Cl.Fc1cc(-c2nc(Cl)cc(Cl)n2)ccc1Cl.N#Cc1ccc(Cl)c(F)c1.N=C(N)c1ccc(Cl)c(F)c1.O=c1cc(O)nc(-c2ccc(Cl)c(F)c2)[nH]1. The number of nitrogens with zero attached hydrogens (tertiary/aromatic N) is 9. The Morgan fingerprint density at radius 1 is 0.514 bits per heavy atom. The number of hydrogen-bond acceptors (Lipinski definition) is 18. The van der Waals surface area contributed by atoms with Crippen LogP contribution in [0.25, 0.3) is 45.6 Å². The number of benzene rings is 6. The fourth-order valence-electron chi connectivity index (χ4n) is 8.43. The standard InChI is InChI=1S/C20H23ClFN3O3.C15H13Cl2FN2O3.C10H4Cl3FN2.C10H6ClFN2O2.C7H6ClFN2.C7H3ClFN.ClH/c1-20(2,19(26)27-3)28-17-12-16(25-9-5-4-6-10-25)23-18(24-17)13-7-8-14(21)15(22)11-13;1-15(2,14(21)22-3)23-12-7-11(17)19-13(20-12)8-4-5-9(16)10(18)6-8;11-6-2-1-5(3-7(6)14)10-15-8(12)4-9(13)16-10;11-6-2-1-5(3-7(6)12)10-13-8(15)4-9(16)14-10;8-5-2-1-4(7(10)11)3-6(5)9;8-6-2-1-5(4-10)3-7(6)9;/h7-8,11-12H,4-6,9-10H2,1-3H3;4-7H,1-3H3;1-4H;1-4H,(H2,13,14,15,16);1-3H,(H3,10,11);1-3H;1H. The zero-order valence-electron chi connectivity index (χ0n) is 55.2. The molecule has 6 aromatic carbocycles. The molecule has 5 N–H and O–H groups in total. The molecule has 0 atom stereocenters. The van der Waals surface area contributed by atoms with Crippen LogP contribution in [0.4, 0.5) is 32.2 Å². The number of rotatable bonds is 12. The molecule has 5 heterocycles. The number of nitrogens with one attached hydrogen (secondary N) is 2. The van der Waals surface area contributed by atoms with Crippen LogP contribution < -0.4 is 25.7 Å². The van der Waals surface area contributed by atoms with Crippen LogP contribution in [0.15, 0.2) is 138 Å². The van der Waals surface area contributed by atoms with Crippen LogP contribution in [0.1, 0.15) is 58.1 Å². The molecular formula is C69H56Cl10F6N12O8. The molecule has 36 heteroatoms. The number of nitrogens with two attached hydrogens (primary N) is 1. The molecule has 10 aromatic rings. The molecule has 552 valence electrons. The number of nitriles is 1. The number of methoxy groups -OCH3 is 2. The fraction of sp³-hybridized carbons (Fsp3) is 0.188. The first-order valence-electron chi connectivity index (χ1n) is 29.7. The minimum Gasteiger partial charge on any atom is -0.493 e. The van der Waals surface area contributed by atoms with Crippen molar-refractivity contribution in [1.29, 1.82) is 10.7 Å². The van der Waals surface area contributed by atoms with Gasteiger partial charge in [0.25, 0.3) is 5.56 Å². The summed E-state index contributed by atoms with van der Waals surface area (Å²) in [7, 11) is 2.55. The average molecular weight is 1650 g/mol. The number of hydrogen-bond donors (Lipinski definition) is 4. The number of H-pyrrole nitrogens is 1. The molecule has 11 rings (SSSR count). The summed E-state index contributed by atoms with van der Waals surface area (Å²) in [4.78, 5) is 67.9. The largest absolute Gasteiger partial charge is 0.493 e. The Balaban J connectivity index is 0.000000234. The fourth-order valence-corrected chi connectivity index (χ4v) is 9.74. The molecule has 0 amide bonds. The highest BCUT2D eigenvalue weighted by Crippen LogP contribution is 2.32. The molecule has 1 aliphatic rings. The van der Waals surface area contributed by atoms with E-state index in [0.29, 0.717) is 39.5 Å². The normalized spacial score (nSPS) is 11.4. The van der Waals surface area contributed by atoms with E-state index < -0.39 is 69.5 Å². The van der Waals surface area contributed by atoms with Crippen LogP contribution in [-0.4, -0.2) is 101 Å². The quantitative estimate of drug-likeness (QED) is 0.0290. The van der Waals surface area contributed by atoms with Gasteiger partial charge in [0.15, 0.2) is 17.5 Å². The minimum atomic E-state index is -1.27. The summed E-state index contributed by atoms with van der Waals surface area (Å²) in [5.41, 5.74) is 4.35. The maximum Gasteiger partial charge on any atom is 0.349 e. The van der Waals surface area contributed by atoms with E-state index >= 15 is 0 Å². The van der Waals surface area contributed by atoms with E-state index in [0.717, 1.165) is 50.2 Å². The van der Waals surface area contributed by atoms with Crippen LogP contribution in [0, 0.1) is 51.6 Å². The number of aromatic amines is 1. The highest BCUT2D eigenvalue weighted by molar-refractivity contribution is 6.34. The molecule has 0 bridgehead atoms. The Kier molecular flexibility index (Phi) is 33.0. The van der Waals surface area contributed by atoms with E-state index in [1.807, 2.05) is 0 Å². The number of halogens is 16. The van der Waals surface area contributed by atoms with Gasteiger partial charge in [-0.25, -0.2) is 55.9 Å². The number of aromatic nitrogens is 8. The number of aromatic hydroxyl groups is 1. The van der Waals surface area contributed by atoms with Crippen molar-refractivity contribution in [1.82, 2.24) is 39.9 Å². The number of nitrogen functional groups attached to an aromatic ring is 1. The molecule has 0 unspecified atom stereocenters. The van der Waals surface area contributed by atoms with Crippen LogP contribution in [0.5, 0.6) is 17.6 Å². The Hall–Kier alpha value is -8.98. The summed E-state index contributed by atoms with van der Waals surface area (Å²) in [6.07, 6.45) is 3.31. The lowest BCUT2D eigenvalue weighted by atomic mass is 10.1. The number of carbonyl (C=O) groups excluding carboxylic acids is 2. The molecule has 0 saturated carbocycles. The van der Waals surface area contributed by atoms with Crippen molar-refractivity contribution in [2.24, 2.45) is 5.73 Å². The predicted molar refractivity (Wildman–Crippen MR) is 395 cm³/mol. The van der Waals surface area contributed by atoms with E-state index in [2.05, 4.69) is 49.5 Å². The van der Waals surface area contributed by atoms with Gasteiger partial charge in [0.05, 0.1) is 62.1 Å². The molecule has 20 nitrogen and oxygen atoms in total. The lowest BCUT2D eigenvalue weighted by Crippen LogP contribution is -2.39. The second kappa shape index (κ2) is 39.9.